The molecule has 0 bridgehead atoms. The molecule has 0 fully saturated rings. The normalized spacial score (nSPS) is 10.0. The molecule has 0 atom stereocenters. The molecule has 5 heteroatoms. The lowest BCUT2D eigenvalue weighted by Gasteiger charge is -1.99. The van der Waals surface area contributed by atoms with E-state index in [0.29, 0.717) is 0 Å². The maximum Gasteiger partial charge on any atom is 0.350 e. The summed E-state index contributed by atoms with van der Waals surface area (Å²) in [6.45, 7) is 0.644. The first-order chi connectivity index (χ1) is 6.06. The maximum atomic E-state index is 11.0. The van der Waals surface area contributed by atoms with Gasteiger partial charge in [-0.2, -0.15) is 0 Å². The van der Waals surface area contributed by atoms with Crippen LogP contribution in [0.15, 0.2) is 15.3 Å². The third-order valence-corrected chi connectivity index (χ3v) is 1.49. The number of hydrogen-bond acceptors (Lipinski definition) is 5. The van der Waals surface area contributed by atoms with E-state index in [1.165, 1.54) is 0 Å². The summed E-state index contributed by atoms with van der Waals surface area (Å²) in [6, 6.07) is 1.04. The molecule has 1 rings (SSSR count). The first-order valence-corrected chi connectivity index (χ1v) is 3.54. The topological polar surface area (TPSA) is 87.7 Å². The van der Waals surface area contributed by atoms with E-state index in [1.807, 2.05) is 0 Å². The quantitative estimate of drug-likeness (QED) is 0.633. The van der Waals surface area contributed by atoms with Crippen molar-refractivity contribution in [3.05, 3.63) is 27.8 Å². The zero-order valence-electron chi connectivity index (χ0n) is 6.90. The van der Waals surface area contributed by atoms with E-state index in [0.717, 1.165) is 13.0 Å². The molecule has 0 saturated carbocycles. The Morgan fingerprint density at radius 3 is 2.62 bits per heavy atom. The summed E-state index contributed by atoms with van der Waals surface area (Å²) in [6.07, 6.45) is 0. The van der Waals surface area contributed by atoms with Gasteiger partial charge in [0.15, 0.2) is 5.78 Å². The van der Waals surface area contributed by atoms with Crippen LogP contribution in [0.4, 0.5) is 0 Å². The molecule has 1 heterocycles. The van der Waals surface area contributed by atoms with E-state index >= 15 is 0 Å². The standard InChI is InChI=1S/C8H8O5/c1-4(10)7-6(11)2-5(3-9)13-8(7)12/h2,9,11H,3H2,1H3. The van der Waals surface area contributed by atoms with Crippen molar-refractivity contribution < 1.29 is 19.4 Å². The predicted molar refractivity (Wildman–Crippen MR) is 42.6 cm³/mol. The van der Waals surface area contributed by atoms with E-state index in [4.69, 9.17) is 5.11 Å². The first kappa shape index (κ1) is 9.47. The fourth-order valence-electron chi connectivity index (χ4n) is 0.931. The van der Waals surface area contributed by atoms with Gasteiger partial charge in [0.25, 0.3) is 0 Å². The molecule has 0 saturated heterocycles. The first-order valence-electron chi connectivity index (χ1n) is 3.54. The summed E-state index contributed by atoms with van der Waals surface area (Å²) in [7, 11) is 0. The molecular weight excluding hydrogens is 176 g/mol. The van der Waals surface area contributed by atoms with Crippen molar-refractivity contribution in [3.63, 3.8) is 0 Å². The summed E-state index contributed by atoms with van der Waals surface area (Å²) in [5.41, 5.74) is -1.33. The van der Waals surface area contributed by atoms with E-state index < -0.39 is 29.3 Å². The number of ketones is 1. The van der Waals surface area contributed by atoms with Gasteiger partial charge in [-0.1, -0.05) is 0 Å². The number of carbonyl (C=O) groups excluding carboxylic acids is 1. The molecule has 0 aliphatic carbocycles. The molecule has 0 aliphatic rings. The van der Waals surface area contributed by atoms with Crippen molar-refractivity contribution in [3.8, 4) is 5.75 Å². The van der Waals surface area contributed by atoms with Crippen molar-refractivity contribution in [2.75, 3.05) is 0 Å². The zero-order valence-corrected chi connectivity index (χ0v) is 6.90. The third-order valence-electron chi connectivity index (χ3n) is 1.49. The van der Waals surface area contributed by atoms with Gasteiger partial charge in [0, 0.05) is 6.07 Å². The fourth-order valence-corrected chi connectivity index (χ4v) is 0.931. The van der Waals surface area contributed by atoms with Crippen LogP contribution < -0.4 is 5.63 Å². The molecule has 5 nitrogen and oxygen atoms in total. The van der Waals surface area contributed by atoms with Gasteiger partial charge >= 0.3 is 5.63 Å². The smallest absolute Gasteiger partial charge is 0.350 e. The highest BCUT2D eigenvalue weighted by Gasteiger charge is 2.14. The molecule has 0 amide bonds. The second-order valence-electron chi connectivity index (χ2n) is 2.47. The van der Waals surface area contributed by atoms with Crippen LogP contribution in [0.5, 0.6) is 5.75 Å². The molecule has 13 heavy (non-hydrogen) atoms. The van der Waals surface area contributed by atoms with E-state index in [2.05, 4.69) is 4.42 Å². The second-order valence-corrected chi connectivity index (χ2v) is 2.47. The van der Waals surface area contributed by atoms with Crippen LogP contribution in [-0.2, 0) is 6.61 Å². The highest BCUT2D eigenvalue weighted by Crippen LogP contribution is 2.14. The van der Waals surface area contributed by atoms with Crippen molar-refractivity contribution in [2.45, 2.75) is 13.5 Å². The summed E-state index contributed by atoms with van der Waals surface area (Å²) in [5, 5.41) is 17.8. The molecule has 0 spiro atoms. The molecule has 0 aromatic carbocycles. The van der Waals surface area contributed by atoms with Gasteiger partial charge in [-0.05, 0) is 6.92 Å². The lowest BCUT2D eigenvalue weighted by molar-refractivity contribution is 0.100. The van der Waals surface area contributed by atoms with Crippen LogP contribution >= 0.6 is 0 Å². The second kappa shape index (κ2) is 3.40. The summed E-state index contributed by atoms with van der Waals surface area (Å²) >= 11 is 0. The van der Waals surface area contributed by atoms with Crippen molar-refractivity contribution in [1.29, 1.82) is 0 Å². The Morgan fingerprint density at radius 2 is 2.23 bits per heavy atom. The Balaban J connectivity index is 3.40. The minimum atomic E-state index is -0.934. The average molecular weight is 184 g/mol. The van der Waals surface area contributed by atoms with Crippen LogP contribution in [0.25, 0.3) is 0 Å². The minimum absolute atomic E-state index is 0.0764. The summed E-state index contributed by atoms with van der Waals surface area (Å²) in [4.78, 5) is 21.8. The average Bonchev–Trinajstić information content (AvgIpc) is 2.02. The Labute approximate surface area is 73.2 Å². The largest absolute Gasteiger partial charge is 0.507 e. The van der Waals surface area contributed by atoms with Crippen molar-refractivity contribution in [2.24, 2.45) is 0 Å². The minimum Gasteiger partial charge on any atom is -0.507 e. The summed E-state index contributed by atoms with van der Waals surface area (Å²) < 4.78 is 4.51. The predicted octanol–water partition coefficient (Wildman–Crippen LogP) is 0.0403. The Bertz CT molecular complexity index is 390. The van der Waals surface area contributed by atoms with Crippen LogP contribution in [0.3, 0.4) is 0 Å². The van der Waals surface area contributed by atoms with E-state index in [9.17, 15) is 14.7 Å². The Hall–Kier alpha value is -1.62. The lowest BCUT2D eigenvalue weighted by Crippen LogP contribution is -2.12. The fraction of sp³-hybridized carbons (Fsp3) is 0.250. The number of aliphatic hydroxyl groups is 1. The van der Waals surface area contributed by atoms with Gasteiger partial charge in [-0.25, -0.2) is 4.79 Å². The van der Waals surface area contributed by atoms with Crippen LogP contribution in [0.1, 0.15) is 23.0 Å². The number of carbonyl (C=O) groups is 1. The third kappa shape index (κ3) is 1.75. The molecule has 1 aromatic rings. The number of Topliss-reactive ketones (excluding diaryl/α,β-unsaturated/α-hetero) is 1. The maximum absolute atomic E-state index is 11.0. The highest BCUT2D eigenvalue weighted by atomic mass is 16.4. The molecular formula is C8H8O5. The van der Waals surface area contributed by atoms with Gasteiger partial charge in [-0.15, -0.1) is 0 Å². The van der Waals surface area contributed by atoms with Crippen LogP contribution in [0.2, 0.25) is 0 Å². The van der Waals surface area contributed by atoms with Gasteiger partial charge in [0.05, 0.1) is 0 Å². The Morgan fingerprint density at radius 1 is 1.62 bits per heavy atom. The monoisotopic (exact) mass is 184 g/mol. The molecule has 1 aromatic heterocycles. The SMILES string of the molecule is CC(=O)c1c(O)cc(CO)oc1=O. The van der Waals surface area contributed by atoms with Crippen molar-refractivity contribution in [1.82, 2.24) is 0 Å². The highest BCUT2D eigenvalue weighted by molar-refractivity contribution is 5.96. The van der Waals surface area contributed by atoms with Crippen molar-refractivity contribution >= 4 is 5.78 Å². The molecule has 0 aliphatic heterocycles. The summed E-state index contributed by atoms with van der Waals surface area (Å²) in [5.74, 6) is -1.11. The molecule has 70 valence electrons. The van der Waals surface area contributed by atoms with Crippen LogP contribution in [0, 0.1) is 0 Å². The van der Waals surface area contributed by atoms with Gasteiger partial charge in [0.2, 0.25) is 0 Å². The number of aromatic hydroxyl groups is 1. The number of rotatable bonds is 2. The van der Waals surface area contributed by atoms with Gasteiger partial charge < -0.3 is 14.6 Å². The van der Waals surface area contributed by atoms with E-state index in [1.54, 1.807) is 0 Å². The van der Waals surface area contributed by atoms with Gasteiger partial charge in [-0.3, -0.25) is 4.79 Å². The van der Waals surface area contributed by atoms with E-state index in [-0.39, 0.29) is 5.76 Å². The van der Waals surface area contributed by atoms with Gasteiger partial charge in [0.1, 0.15) is 23.7 Å². The number of aliphatic hydroxyl groups excluding tert-OH is 1. The lowest BCUT2D eigenvalue weighted by atomic mass is 10.2. The zero-order chi connectivity index (χ0) is 10.0. The van der Waals surface area contributed by atoms with Crippen LogP contribution in [-0.4, -0.2) is 16.0 Å². The number of hydrogen-bond donors (Lipinski definition) is 2. The molecule has 2 N–H and O–H groups in total. The Kier molecular flexibility index (Phi) is 2.48. The molecule has 0 unspecified atom stereocenters. The molecule has 0 radical (unpaired) electrons.